The van der Waals surface area contributed by atoms with Crippen LogP contribution in [0.2, 0.25) is 0 Å². The van der Waals surface area contributed by atoms with Crippen LogP contribution < -0.4 is 5.32 Å². The fraction of sp³-hybridized carbons (Fsp3) is 0.583. The van der Waals surface area contributed by atoms with Gasteiger partial charge in [-0.15, -0.1) is 0 Å². The highest BCUT2D eigenvalue weighted by Crippen LogP contribution is 2.10. The Morgan fingerprint density at radius 3 is 2.44 bits per heavy atom. The van der Waals surface area contributed by atoms with E-state index in [0.29, 0.717) is 4.83 Å². The first-order valence-corrected chi connectivity index (χ1v) is 6.63. The maximum absolute atomic E-state index is 11.5. The molecule has 0 aliphatic carbocycles. The van der Waals surface area contributed by atoms with Crippen molar-refractivity contribution in [2.24, 2.45) is 0 Å². The number of aromatic nitrogens is 2. The maximum atomic E-state index is 11.5. The number of rotatable bonds is 3. The summed E-state index contributed by atoms with van der Waals surface area (Å²) in [7, 11) is 0. The molecule has 100 valence electrons. The number of anilines is 1. The zero-order valence-electron chi connectivity index (χ0n) is 11.0. The van der Waals surface area contributed by atoms with Crippen molar-refractivity contribution in [1.82, 2.24) is 9.97 Å². The minimum Gasteiger partial charge on any atom is -0.444 e. The molecule has 0 spiro atoms. The van der Waals surface area contributed by atoms with Gasteiger partial charge >= 0.3 is 6.09 Å². The number of halogens is 1. The smallest absolute Gasteiger partial charge is 0.414 e. The zero-order chi connectivity index (χ0) is 13.8. The highest BCUT2D eigenvalue weighted by atomic mass is 79.9. The summed E-state index contributed by atoms with van der Waals surface area (Å²) in [5.41, 5.74) is 0.476. The molecule has 6 heteroatoms. The van der Waals surface area contributed by atoms with Crippen LogP contribution in [-0.2, 0) is 11.2 Å². The lowest BCUT2D eigenvalue weighted by atomic mass is 10.2. The minimum atomic E-state index is -0.552. The minimum absolute atomic E-state index is 0.246. The number of amides is 1. The fourth-order valence-corrected chi connectivity index (χ4v) is 1.62. The molecule has 1 aromatic heterocycles. The van der Waals surface area contributed by atoms with Crippen molar-refractivity contribution in [2.45, 2.75) is 44.5 Å². The molecule has 1 atom stereocenters. The van der Waals surface area contributed by atoms with E-state index in [2.05, 4.69) is 31.2 Å². The second-order valence-corrected chi connectivity index (χ2v) is 6.59. The lowest BCUT2D eigenvalue weighted by Gasteiger charge is -2.19. The Bertz CT molecular complexity index is 399. The van der Waals surface area contributed by atoms with Crippen molar-refractivity contribution in [3.8, 4) is 0 Å². The topological polar surface area (TPSA) is 64.1 Å². The van der Waals surface area contributed by atoms with Gasteiger partial charge in [-0.1, -0.05) is 22.9 Å². The van der Waals surface area contributed by atoms with Crippen LogP contribution in [0, 0.1) is 0 Å². The summed E-state index contributed by atoms with van der Waals surface area (Å²) >= 11 is 3.46. The van der Waals surface area contributed by atoms with Gasteiger partial charge in [-0.3, -0.25) is 5.32 Å². The van der Waals surface area contributed by atoms with Crippen molar-refractivity contribution in [1.29, 1.82) is 0 Å². The predicted molar refractivity (Wildman–Crippen MR) is 74.0 cm³/mol. The number of carbonyl (C=O) groups excluding carboxylic acids is 1. The Hall–Kier alpha value is -1.17. The standard InChI is InChI=1S/C12H18BrN3O2/c1-8(13)5-9-6-14-10(15-7-9)16-11(17)18-12(2,3)4/h6-8H,5H2,1-4H3,(H,14,15,16,17). The highest BCUT2D eigenvalue weighted by Gasteiger charge is 2.16. The molecular weight excluding hydrogens is 298 g/mol. The van der Waals surface area contributed by atoms with E-state index in [0.717, 1.165) is 12.0 Å². The summed E-state index contributed by atoms with van der Waals surface area (Å²) in [6.45, 7) is 7.45. The molecule has 0 saturated heterocycles. The monoisotopic (exact) mass is 315 g/mol. The molecule has 0 aliphatic rings. The number of nitrogens with one attached hydrogen (secondary N) is 1. The molecule has 1 amide bonds. The molecular formula is C12H18BrN3O2. The van der Waals surface area contributed by atoms with Crippen molar-refractivity contribution < 1.29 is 9.53 Å². The first kappa shape index (κ1) is 14.9. The van der Waals surface area contributed by atoms with Crippen molar-refractivity contribution >= 4 is 28.0 Å². The van der Waals surface area contributed by atoms with Gasteiger partial charge in [-0.2, -0.15) is 0 Å². The summed E-state index contributed by atoms with van der Waals surface area (Å²) in [6, 6.07) is 0. The van der Waals surface area contributed by atoms with Crippen LogP contribution in [0.4, 0.5) is 10.7 Å². The average molecular weight is 316 g/mol. The molecule has 0 radical (unpaired) electrons. The van der Waals surface area contributed by atoms with Gasteiger partial charge in [0.2, 0.25) is 5.95 Å². The molecule has 0 aromatic carbocycles. The number of hydrogen-bond donors (Lipinski definition) is 1. The lowest BCUT2D eigenvalue weighted by Crippen LogP contribution is -2.27. The van der Waals surface area contributed by atoms with Crippen LogP contribution in [0.15, 0.2) is 12.4 Å². The number of alkyl halides is 1. The third-order valence-corrected chi connectivity index (χ3v) is 2.16. The van der Waals surface area contributed by atoms with Crippen LogP contribution in [0.3, 0.4) is 0 Å². The van der Waals surface area contributed by atoms with Gasteiger partial charge in [0.25, 0.3) is 0 Å². The van der Waals surface area contributed by atoms with Crippen molar-refractivity contribution in [3.63, 3.8) is 0 Å². The second-order valence-electron chi connectivity index (χ2n) is 5.03. The van der Waals surface area contributed by atoms with E-state index in [1.165, 1.54) is 0 Å². The van der Waals surface area contributed by atoms with E-state index in [4.69, 9.17) is 4.74 Å². The second kappa shape index (κ2) is 6.13. The fourth-order valence-electron chi connectivity index (χ4n) is 1.24. The third-order valence-electron chi connectivity index (χ3n) is 1.84. The summed E-state index contributed by atoms with van der Waals surface area (Å²) in [5, 5.41) is 2.48. The van der Waals surface area contributed by atoms with E-state index in [1.54, 1.807) is 33.2 Å². The summed E-state index contributed by atoms with van der Waals surface area (Å²) in [4.78, 5) is 20.0. The van der Waals surface area contributed by atoms with Crippen LogP contribution in [-0.4, -0.2) is 26.5 Å². The molecule has 1 N–H and O–H groups in total. The first-order chi connectivity index (χ1) is 8.26. The molecule has 0 aliphatic heterocycles. The van der Waals surface area contributed by atoms with E-state index >= 15 is 0 Å². The van der Waals surface area contributed by atoms with Gasteiger partial charge in [0.15, 0.2) is 0 Å². The van der Waals surface area contributed by atoms with E-state index in [-0.39, 0.29) is 5.95 Å². The summed E-state index contributed by atoms with van der Waals surface area (Å²) in [6.07, 6.45) is 3.67. The van der Waals surface area contributed by atoms with Crippen LogP contribution >= 0.6 is 15.9 Å². The Balaban J connectivity index is 2.56. The molecule has 0 fully saturated rings. The normalized spacial score (nSPS) is 12.9. The van der Waals surface area contributed by atoms with Crippen LogP contribution in [0.5, 0.6) is 0 Å². The highest BCUT2D eigenvalue weighted by molar-refractivity contribution is 9.09. The molecule has 0 saturated carbocycles. The molecule has 5 nitrogen and oxygen atoms in total. The number of carbonyl (C=O) groups is 1. The maximum Gasteiger partial charge on any atom is 0.414 e. The lowest BCUT2D eigenvalue weighted by molar-refractivity contribution is 0.0634. The van der Waals surface area contributed by atoms with E-state index < -0.39 is 11.7 Å². The van der Waals surface area contributed by atoms with E-state index in [9.17, 15) is 4.79 Å². The van der Waals surface area contributed by atoms with Gasteiger partial charge in [0.05, 0.1) is 0 Å². The van der Waals surface area contributed by atoms with Crippen molar-refractivity contribution in [3.05, 3.63) is 18.0 Å². The molecule has 1 aromatic rings. The van der Waals surface area contributed by atoms with Crippen LogP contribution in [0.1, 0.15) is 33.3 Å². The van der Waals surface area contributed by atoms with Crippen LogP contribution in [0.25, 0.3) is 0 Å². The third kappa shape index (κ3) is 5.95. The molecule has 1 unspecified atom stereocenters. The Morgan fingerprint density at radius 2 is 2.00 bits per heavy atom. The molecule has 0 bridgehead atoms. The molecule has 18 heavy (non-hydrogen) atoms. The zero-order valence-corrected chi connectivity index (χ0v) is 12.6. The first-order valence-electron chi connectivity index (χ1n) is 5.71. The SMILES string of the molecule is CC(Br)Cc1cnc(NC(=O)OC(C)(C)C)nc1. The van der Waals surface area contributed by atoms with Gasteiger partial charge in [0.1, 0.15) is 5.60 Å². The predicted octanol–water partition coefficient (Wildman–Crippen LogP) is 3.15. The van der Waals surface area contributed by atoms with Gasteiger partial charge in [-0.05, 0) is 32.8 Å². The van der Waals surface area contributed by atoms with Crippen molar-refractivity contribution in [2.75, 3.05) is 5.32 Å². The molecule has 1 rings (SSSR count). The molecule has 1 heterocycles. The van der Waals surface area contributed by atoms with Gasteiger partial charge in [-0.25, -0.2) is 14.8 Å². The number of hydrogen-bond acceptors (Lipinski definition) is 4. The Labute approximate surface area is 115 Å². The Morgan fingerprint density at radius 1 is 1.44 bits per heavy atom. The van der Waals surface area contributed by atoms with E-state index in [1.807, 2.05) is 6.92 Å². The van der Waals surface area contributed by atoms with Gasteiger partial charge in [0, 0.05) is 17.2 Å². The number of ether oxygens (including phenoxy) is 1. The Kier molecular flexibility index (Phi) is 5.07. The summed E-state index contributed by atoms with van der Waals surface area (Å²) in [5.74, 6) is 0.246. The van der Waals surface area contributed by atoms with Gasteiger partial charge < -0.3 is 4.74 Å². The average Bonchev–Trinajstić information content (AvgIpc) is 2.17. The quantitative estimate of drug-likeness (QED) is 0.870. The largest absolute Gasteiger partial charge is 0.444 e. The summed E-state index contributed by atoms with van der Waals surface area (Å²) < 4.78 is 5.10. The number of nitrogens with zero attached hydrogens (tertiary/aromatic N) is 2.